The zero-order chi connectivity index (χ0) is 22.5. The Morgan fingerprint density at radius 1 is 1.03 bits per heavy atom. The van der Waals surface area contributed by atoms with Crippen LogP contribution >= 0.6 is 11.6 Å². The second kappa shape index (κ2) is 8.11. The molecule has 0 unspecified atom stereocenters. The third kappa shape index (κ3) is 3.48. The molecule has 3 aromatic rings. The Bertz CT molecular complexity index is 1210. The topological polar surface area (TPSA) is 50.4 Å². The average molecular weight is 459 g/mol. The molecule has 6 rings (SSSR count). The fourth-order valence-electron chi connectivity index (χ4n) is 6.59. The molecule has 5 atom stereocenters. The Morgan fingerprint density at radius 2 is 1.85 bits per heavy atom. The molecule has 3 aliphatic rings. The van der Waals surface area contributed by atoms with Gasteiger partial charge >= 0.3 is 0 Å². The Hall–Kier alpha value is -2.98. The lowest BCUT2D eigenvalue weighted by molar-refractivity contribution is 0.102. The van der Waals surface area contributed by atoms with Crippen molar-refractivity contribution in [3.8, 4) is 5.75 Å². The minimum absolute atomic E-state index is 0.150. The van der Waals surface area contributed by atoms with Gasteiger partial charge in [-0.25, -0.2) is 0 Å². The van der Waals surface area contributed by atoms with E-state index in [1.165, 1.54) is 30.4 Å². The molecule has 0 aromatic heterocycles. The number of carbonyl (C=O) groups excluding carboxylic acids is 1. The summed E-state index contributed by atoms with van der Waals surface area (Å²) in [5, 5.41) is 7.38. The van der Waals surface area contributed by atoms with Gasteiger partial charge < -0.3 is 15.4 Å². The average Bonchev–Trinajstić information content (AvgIpc) is 3.47. The molecule has 2 N–H and O–H groups in total. The highest BCUT2D eigenvalue weighted by Crippen LogP contribution is 2.63. The summed E-state index contributed by atoms with van der Waals surface area (Å²) in [7, 11) is 1.59. The second-order valence-corrected chi connectivity index (χ2v) is 10.0. The van der Waals surface area contributed by atoms with E-state index >= 15 is 0 Å². The molecule has 0 spiro atoms. The molecule has 3 aromatic carbocycles. The Labute approximate surface area is 199 Å². The minimum Gasteiger partial charge on any atom is -0.495 e. The van der Waals surface area contributed by atoms with E-state index in [-0.39, 0.29) is 5.91 Å². The number of halogens is 1. The van der Waals surface area contributed by atoms with Gasteiger partial charge in [0.25, 0.3) is 5.91 Å². The highest BCUT2D eigenvalue weighted by Gasteiger charge is 2.53. The number of amides is 1. The van der Waals surface area contributed by atoms with Crippen LogP contribution in [0.3, 0.4) is 0 Å². The van der Waals surface area contributed by atoms with E-state index in [4.69, 9.17) is 16.3 Å². The Balaban J connectivity index is 1.34. The number of benzene rings is 3. The van der Waals surface area contributed by atoms with E-state index in [9.17, 15) is 4.79 Å². The van der Waals surface area contributed by atoms with Crippen LogP contribution in [0.4, 0.5) is 11.4 Å². The molecule has 1 amide bonds. The highest BCUT2D eigenvalue weighted by atomic mass is 35.5. The van der Waals surface area contributed by atoms with Crippen molar-refractivity contribution in [2.45, 2.75) is 31.2 Å². The number of carbonyl (C=O) groups is 1. The molecule has 0 saturated heterocycles. The molecular weight excluding hydrogens is 432 g/mol. The first-order valence-corrected chi connectivity index (χ1v) is 12.1. The van der Waals surface area contributed by atoms with Gasteiger partial charge in [0.15, 0.2) is 0 Å². The van der Waals surface area contributed by atoms with Crippen LogP contribution in [0.2, 0.25) is 5.02 Å². The molecule has 1 heterocycles. The molecule has 0 radical (unpaired) electrons. The maximum absolute atomic E-state index is 13.2. The van der Waals surface area contributed by atoms with Crippen LogP contribution < -0.4 is 15.4 Å². The zero-order valence-electron chi connectivity index (χ0n) is 18.6. The van der Waals surface area contributed by atoms with Gasteiger partial charge in [-0.1, -0.05) is 41.9 Å². The van der Waals surface area contributed by atoms with Crippen LogP contribution in [0.1, 0.15) is 52.7 Å². The summed E-state index contributed by atoms with van der Waals surface area (Å²) < 4.78 is 5.39. The summed E-state index contributed by atoms with van der Waals surface area (Å²) in [5.74, 6) is 2.97. The number of rotatable bonds is 4. The molecule has 168 valence electrons. The van der Waals surface area contributed by atoms with Crippen LogP contribution in [-0.4, -0.2) is 13.0 Å². The maximum atomic E-state index is 13.2. The van der Waals surface area contributed by atoms with Gasteiger partial charge in [0.1, 0.15) is 5.75 Å². The molecule has 5 heteroatoms. The van der Waals surface area contributed by atoms with Crippen LogP contribution in [0.25, 0.3) is 0 Å². The summed E-state index contributed by atoms with van der Waals surface area (Å²) in [6.07, 6.45) is 3.92. The van der Waals surface area contributed by atoms with Crippen molar-refractivity contribution < 1.29 is 9.53 Å². The molecule has 33 heavy (non-hydrogen) atoms. The first-order chi connectivity index (χ1) is 16.1. The van der Waals surface area contributed by atoms with Crippen molar-refractivity contribution in [2.75, 3.05) is 17.7 Å². The normalized spacial score (nSPS) is 26.8. The number of hydrogen-bond acceptors (Lipinski definition) is 3. The van der Waals surface area contributed by atoms with E-state index in [0.717, 1.165) is 11.6 Å². The fraction of sp³-hybridized carbons (Fsp3) is 0.321. The van der Waals surface area contributed by atoms with E-state index in [0.29, 0.717) is 45.8 Å². The third-order valence-corrected chi connectivity index (χ3v) is 8.15. The number of ether oxygens (including phenoxy) is 1. The lowest BCUT2D eigenvalue weighted by Crippen LogP contribution is -2.35. The molecule has 2 bridgehead atoms. The standard InChI is InChI=1S/C28H27ClN2O2/c1-33-24-12-10-20(29)15-23(24)31-28(32)19-9-11-22-21(14-19)25-17-7-8-18(13-17)26(25)27(30-22)16-5-3-2-4-6-16/h2-6,9-12,14-15,17-18,25-27,30H,7-8,13H2,1H3,(H,31,32)/t17-,18-,25-,26-,27-/m0/s1. The van der Waals surface area contributed by atoms with Crippen molar-refractivity contribution >= 4 is 28.9 Å². The Morgan fingerprint density at radius 3 is 2.67 bits per heavy atom. The number of nitrogens with one attached hydrogen (secondary N) is 2. The van der Waals surface area contributed by atoms with Crippen LogP contribution in [0.15, 0.2) is 66.7 Å². The van der Waals surface area contributed by atoms with Gasteiger partial charge in [-0.15, -0.1) is 0 Å². The molecule has 2 fully saturated rings. The predicted molar refractivity (Wildman–Crippen MR) is 132 cm³/mol. The molecule has 2 saturated carbocycles. The summed E-state index contributed by atoms with van der Waals surface area (Å²) >= 11 is 6.14. The number of anilines is 2. The van der Waals surface area contributed by atoms with Gasteiger partial charge in [-0.2, -0.15) is 0 Å². The summed E-state index contributed by atoms with van der Waals surface area (Å²) in [4.78, 5) is 13.2. The maximum Gasteiger partial charge on any atom is 0.255 e. The van der Waals surface area contributed by atoms with Crippen molar-refractivity contribution in [1.82, 2.24) is 0 Å². The fourth-order valence-corrected chi connectivity index (χ4v) is 6.76. The van der Waals surface area contributed by atoms with E-state index in [2.05, 4.69) is 53.1 Å². The minimum atomic E-state index is -0.150. The van der Waals surface area contributed by atoms with Crippen LogP contribution in [-0.2, 0) is 0 Å². The van der Waals surface area contributed by atoms with Crippen molar-refractivity contribution in [1.29, 1.82) is 0 Å². The second-order valence-electron chi connectivity index (χ2n) is 9.57. The van der Waals surface area contributed by atoms with E-state index in [1.807, 2.05) is 6.07 Å². The van der Waals surface area contributed by atoms with Crippen molar-refractivity contribution in [2.24, 2.45) is 17.8 Å². The van der Waals surface area contributed by atoms with Gasteiger partial charge in [0, 0.05) is 16.3 Å². The first kappa shape index (κ1) is 20.6. The summed E-state index contributed by atoms with van der Waals surface area (Å²) in [6, 6.07) is 22.5. The first-order valence-electron chi connectivity index (χ1n) is 11.7. The molecule has 1 aliphatic heterocycles. The molecule has 2 aliphatic carbocycles. The van der Waals surface area contributed by atoms with Gasteiger partial charge in [-0.3, -0.25) is 4.79 Å². The van der Waals surface area contributed by atoms with Crippen molar-refractivity contribution in [3.63, 3.8) is 0 Å². The lowest BCUT2D eigenvalue weighted by Gasteiger charge is -2.43. The third-order valence-electron chi connectivity index (χ3n) is 7.92. The van der Waals surface area contributed by atoms with Gasteiger partial charge in [0.05, 0.1) is 18.8 Å². The number of methoxy groups -OCH3 is 1. The number of fused-ring (bicyclic) bond motifs is 7. The SMILES string of the molecule is COc1ccc(Cl)cc1NC(=O)c1ccc2c(c1)[C@@H]1[C@H]3CC[C@@H](C3)[C@@H]1[C@H](c1ccccc1)N2. The monoisotopic (exact) mass is 458 g/mol. The quantitative estimate of drug-likeness (QED) is 0.447. The van der Waals surface area contributed by atoms with E-state index < -0.39 is 0 Å². The van der Waals surface area contributed by atoms with Gasteiger partial charge in [0.2, 0.25) is 0 Å². The zero-order valence-corrected chi connectivity index (χ0v) is 19.3. The predicted octanol–water partition coefficient (Wildman–Crippen LogP) is 6.90. The smallest absolute Gasteiger partial charge is 0.255 e. The van der Waals surface area contributed by atoms with Gasteiger partial charge in [-0.05, 0) is 90.5 Å². The van der Waals surface area contributed by atoms with E-state index in [1.54, 1.807) is 25.3 Å². The Kier molecular flexibility index (Phi) is 5.06. The summed E-state index contributed by atoms with van der Waals surface area (Å²) in [5.41, 5.74) is 5.06. The molecular formula is C28H27ClN2O2. The molecule has 4 nitrogen and oxygen atoms in total. The lowest BCUT2D eigenvalue weighted by atomic mass is 9.68. The summed E-state index contributed by atoms with van der Waals surface area (Å²) in [6.45, 7) is 0. The van der Waals surface area contributed by atoms with Crippen LogP contribution in [0.5, 0.6) is 5.75 Å². The number of hydrogen-bond donors (Lipinski definition) is 2. The highest BCUT2D eigenvalue weighted by molar-refractivity contribution is 6.31. The largest absolute Gasteiger partial charge is 0.495 e. The van der Waals surface area contributed by atoms with Crippen molar-refractivity contribution in [3.05, 3.63) is 88.4 Å². The van der Waals surface area contributed by atoms with Crippen LogP contribution in [0, 0.1) is 17.8 Å².